The lowest BCUT2D eigenvalue weighted by Gasteiger charge is -2.31. The van der Waals surface area contributed by atoms with Gasteiger partial charge >= 0.3 is 0 Å². The number of carbonyl (C=O) groups is 2. The molecule has 2 aromatic rings. The molecular weight excluding hydrogens is 388 g/mol. The molecule has 0 bridgehead atoms. The highest BCUT2D eigenvalue weighted by Crippen LogP contribution is 2.16. The van der Waals surface area contributed by atoms with E-state index in [1.165, 1.54) is 5.56 Å². The van der Waals surface area contributed by atoms with E-state index in [4.69, 9.17) is 4.74 Å². The average molecular weight is 425 g/mol. The van der Waals surface area contributed by atoms with E-state index >= 15 is 0 Å². The first-order chi connectivity index (χ1) is 14.8. The zero-order valence-corrected chi connectivity index (χ0v) is 19.5. The number of benzene rings is 2. The van der Waals surface area contributed by atoms with Crippen molar-refractivity contribution < 1.29 is 14.3 Å². The Labute approximate surface area is 186 Å². The minimum atomic E-state index is -0.492. The van der Waals surface area contributed by atoms with Crippen molar-refractivity contribution in [2.24, 2.45) is 0 Å². The molecule has 2 amide bonds. The quantitative estimate of drug-likeness (QED) is 0.528. The summed E-state index contributed by atoms with van der Waals surface area (Å²) in [5.41, 5.74) is 3.34. The number of nitrogens with zero attached hydrogens (tertiary/aromatic N) is 1. The van der Waals surface area contributed by atoms with Crippen LogP contribution in [0, 0.1) is 13.8 Å². The first kappa shape index (κ1) is 24.4. The van der Waals surface area contributed by atoms with Crippen LogP contribution in [0.2, 0.25) is 0 Å². The molecule has 0 spiro atoms. The lowest BCUT2D eigenvalue weighted by molar-refractivity contribution is -0.141. The third-order valence-electron chi connectivity index (χ3n) is 5.08. The van der Waals surface area contributed by atoms with Gasteiger partial charge in [0.15, 0.2) is 0 Å². The van der Waals surface area contributed by atoms with E-state index in [2.05, 4.69) is 11.4 Å². The summed E-state index contributed by atoms with van der Waals surface area (Å²) in [6, 6.07) is 15.5. The average Bonchev–Trinajstić information content (AvgIpc) is 2.71. The topological polar surface area (TPSA) is 58.6 Å². The molecule has 2 rings (SSSR count). The zero-order valence-electron chi connectivity index (χ0n) is 19.5. The summed E-state index contributed by atoms with van der Waals surface area (Å²) >= 11 is 0. The fourth-order valence-corrected chi connectivity index (χ4v) is 3.50. The van der Waals surface area contributed by atoms with Gasteiger partial charge in [0.2, 0.25) is 11.8 Å². The van der Waals surface area contributed by atoms with E-state index in [0.29, 0.717) is 32.4 Å². The van der Waals surface area contributed by atoms with Gasteiger partial charge in [-0.05, 0) is 58.2 Å². The third-order valence-corrected chi connectivity index (χ3v) is 5.08. The van der Waals surface area contributed by atoms with Gasteiger partial charge in [-0.3, -0.25) is 9.59 Å². The molecule has 31 heavy (non-hydrogen) atoms. The van der Waals surface area contributed by atoms with Crippen molar-refractivity contribution in [3.8, 4) is 5.75 Å². The number of ether oxygens (including phenoxy) is 1. The first-order valence-electron chi connectivity index (χ1n) is 11.1. The summed E-state index contributed by atoms with van der Waals surface area (Å²) < 4.78 is 5.76. The Morgan fingerprint density at radius 3 is 2.35 bits per heavy atom. The Hall–Kier alpha value is -2.82. The predicted molar refractivity (Wildman–Crippen MR) is 125 cm³/mol. The third kappa shape index (κ3) is 8.08. The summed E-state index contributed by atoms with van der Waals surface area (Å²) in [6.45, 7) is 10.7. The van der Waals surface area contributed by atoms with E-state index in [-0.39, 0.29) is 17.9 Å². The van der Waals surface area contributed by atoms with Crippen molar-refractivity contribution >= 4 is 11.8 Å². The first-order valence-corrected chi connectivity index (χ1v) is 11.1. The van der Waals surface area contributed by atoms with Crippen LogP contribution < -0.4 is 10.1 Å². The normalized spacial score (nSPS) is 11.8. The highest BCUT2D eigenvalue weighted by atomic mass is 16.5. The Kier molecular flexibility index (Phi) is 9.57. The molecule has 1 atom stereocenters. The molecule has 1 unspecified atom stereocenters. The zero-order chi connectivity index (χ0) is 22.8. The van der Waals surface area contributed by atoms with Crippen LogP contribution in [0.25, 0.3) is 0 Å². The van der Waals surface area contributed by atoms with Gasteiger partial charge in [-0.25, -0.2) is 0 Å². The summed E-state index contributed by atoms with van der Waals surface area (Å²) in [7, 11) is 0. The van der Waals surface area contributed by atoms with Crippen LogP contribution in [0.1, 0.15) is 56.7 Å². The molecule has 5 heteroatoms. The molecule has 0 aliphatic rings. The molecule has 0 radical (unpaired) electrons. The highest BCUT2D eigenvalue weighted by Gasteiger charge is 2.28. The van der Waals surface area contributed by atoms with Crippen LogP contribution in [0.5, 0.6) is 5.75 Å². The summed E-state index contributed by atoms with van der Waals surface area (Å²) in [5, 5.41) is 2.96. The second kappa shape index (κ2) is 12.1. The number of hydrogen-bond donors (Lipinski definition) is 1. The van der Waals surface area contributed by atoms with Crippen molar-refractivity contribution in [1.82, 2.24) is 10.2 Å². The number of amides is 2. The minimum absolute atomic E-state index is 0.0280. The van der Waals surface area contributed by atoms with Crippen molar-refractivity contribution in [3.63, 3.8) is 0 Å². The maximum absolute atomic E-state index is 13.2. The van der Waals surface area contributed by atoms with Gasteiger partial charge in [0.1, 0.15) is 11.8 Å². The Balaban J connectivity index is 2.05. The smallest absolute Gasteiger partial charge is 0.243 e. The number of rotatable bonds is 11. The predicted octanol–water partition coefficient (Wildman–Crippen LogP) is 4.79. The van der Waals surface area contributed by atoms with Gasteiger partial charge < -0.3 is 15.0 Å². The molecule has 0 fully saturated rings. The van der Waals surface area contributed by atoms with Crippen LogP contribution in [-0.4, -0.2) is 35.4 Å². The Morgan fingerprint density at radius 2 is 1.74 bits per heavy atom. The van der Waals surface area contributed by atoms with Gasteiger partial charge in [0.05, 0.1) is 6.61 Å². The number of hydrogen-bond acceptors (Lipinski definition) is 3. The maximum atomic E-state index is 13.2. The van der Waals surface area contributed by atoms with Gasteiger partial charge in [0.25, 0.3) is 0 Å². The maximum Gasteiger partial charge on any atom is 0.243 e. The fourth-order valence-electron chi connectivity index (χ4n) is 3.50. The number of nitrogens with one attached hydrogen (secondary N) is 1. The summed E-state index contributed by atoms with van der Waals surface area (Å²) in [4.78, 5) is 27.7. The molecular formula is C26H36N2O3. The lowest BCUT2D eigenvalue weighted by atomic mass is 10.1. The van der Waals surface area contributed by atoms with Crippen LogP contribution in [0.3, 0.4) is 0 Å². The second-order valence-electron chi connectivity index (χ2n) is 8.36. The molecule has 168 valence electrons. The van der Waals surface area contributed by atoms with Gasteiger partial charge in [0, 0.05) is 19.0 Å². The molecule has 0 aliphatic carbocycles. The van der Waals surface area contributed by atoms with E-state index in [1.54, 1.807) is 4.90 Å². The molecule has 0 saturated heterocycles. The highest BCUT2D eigenvalue weighted by molar-refractivity contribution is 5.87. The summed E-state index contributed by atoms with van der Waals surface area (Å²) in [6.07, 6.45) is 1.50. The van der Waals surface area contributed by atoms with E-state index in [0.717, 1.165) is 16.9 Å². The second-order valence-corrected chi connectivity index (χ2v) is 8.36. The largest absolute Gasteiger partial charge is 0.494 e. The lowest BCUT2D eigenvalue weighted by Crippen LogP contribution is -2.50. The van der Waals surface area contributed by atoms with Crippen molar-refractivity contribution in [2.45, 2.75) is 72.5 Å². The Bertz CT molecular complexity index is 846. The number of carbonyl (C=O) groups excluding carboxylic acids is 2. The van der Waals surface area contributed by atoms with Gasteiger partial charge in [-0.1, -0.05) is 54.4 Å². The van der Waals surface area contributed by atoms with E-state index in [1.807, 2.05) is 77.1 Å². The van der Waals surface area contributed by atoms with Gasteiger partial charge in [-0.2, -0.15) is 0 Å². The molecule has 0 aliphatic heterocycles. The van der Waals surface area contributed by atoms with Crippen LogP contribution in [0.4, 0.5) is 0 Å². The minimum Gasteiger partial charge on any atom is -0.494 e. The molecule has 0 heterocycles. The molecule has 1 N–H and O–H groups in total. The van der Waals surface area contributed by atoms with Crippen LogP contribution in [-0.2, 0) is 16.1 Å². The SMILES string of the molecule is CCC(C(=O)NC(C)C)N(Cc1cccc(C)c1)C(=O)CCCOc1ccc(C)cc1. The molecule has 0 saturated carbocycles. The molecule has 0 aromatic heterocycles. The summed E-state index contributed by atoms with van der Waals surface area (Å²) in [5.74, 6) is 0.673. The van der Waals surface area contributed by atoms with Crippen LogP contribution in [0.15, 0.2) is 48.5 Å². The van der Waals surface area contributed by atoms with Gasteiger partial charge in [-0.15, -0.1) is 0 Å². The van der Waals surface area contributed by atoms with Crippen molar-refractivity contribution in [1.29, 1.82) is 0 Å². The number of aryl methyl sites for hydroxylation is 2. The Morgan fingerprint density at radius 1 is 1.03 bits per heavy atom. The standard InChI is InChI=1S/C26H36N2O3/c1-6-24(26(30)27-19(2)3)28(18-22-10-7-9-21(5)17-22)25(29)11-8-16-31-23-14-12-20(4)13-15-23/h7,9-10,12-15,17,19,24H,6,8,11,16,18H2,1-5H3,(H,27,30). The van der Waals surface area contributed by atoms with Crippen molar-refractivity contribution in [3.05, 3.63) is 65.2 Å². The van der Waals surface area contributed by atoms with E-state index in [9.17, 15) is 9.59 Å². The van der Waals surface area contributed by atoms with Crippen molar-refractivity contribution in [2.75, 3.05) is 6.61 Å². The molecule has 5 nitrogen and oxygen atoms in total. The van der Waals surface area contributed by atoms with E-state index < -0.39 is 6.04 Å². The molecule has 2 aromatic carbocycles. The monoisotopic (exact) mass is 424 g/mol. The van der Waals surface area contributed by atoms with Crippen LogP contribution >= 0.6 is 0 Å². The fraction of sp³-hybridized carbons (Fsp3) is 0.462.